The van der Waals surface area contributed by atoms with Crippen molar-refractivity contribution in [2.75, 3.05) is 5.32 Å². The summed E-state index contributed by atoms with van der Waals surface area (Å²) < 4.78 is 47.5. The van der Waals surface area contributed by atoms with Crippen LogP contribution in [-0.4, -0.2) is 27.8 Å². The van der Waals surface area contributed by atoms with Gasteiger partial charge in [-0.25, -0.2) is 17.9 Å². The van der Waals surface area contributed by atoms with Crippen LogP contribution >= 0.6 is 0 Å². The van der Waals surface area contributed by atoms with Gasteiger partial charge < -0.3 is 10.1 Å². The number of hydrogen-bond donors (Lipinski definition) is 1. The number of hydrogen-bond acceptors (Lipinski definition) is 4. The van der Waals surface area contributed by atoms with E-state index in [1.807, 2.05) is 0 Å². The van der Waals surface area contributed by atoms with Gasteiger partial charge in [0.15, 0.2) is 11.9 Å². The monoisotopic (exact) mass is 445 g/mol. The van der Waals surface area contributed by atoms with E-state index in [9.17, 15) is 22.8 Å². The quantitative estimate of drug-likeness (QED) is 0.574. The number of nitrogens with one attached hydrogen (secondary N) is 1. The molecule has 1 heterocycles. The Morgan fingerprint density at radius 3 is 2.44 bits per heavy atom. The molecule has 0 aliphatic rings. The Bertz CT molecular complexity index is 1190. The summed E-state index contributed by atoms with van der Waals surface area (Å²) in [5.74, 6) is -3.26. The number of halogens is 3. The number of ether oxygens (including phenoxy) is 1. The molecule has 0 radical (unpaired) electrons. The largest absolute Gasteiger partial charge is 0.452 e. The second-order valence-electron chi connectivity index (χ2n) is 7.42. The lowest BCUT2D eigenvalue weighted by molar-refractivity contribution is -0.152. The smallest absolute Gasteiger partial charge is 0.311 e. The average Bonchev–Trinajstić information content (AvgIpc) is 2.98. The first-order valence-electron chi connectivity index (χ1n) is 9.84. The second kappa shape index (κ2) is 9.25. The molecule has 2 aromatic carbocycles. The molecule has 0 saturated carbocycles. The van der Waals surface area contributed by atoms with Crippen LogP contribution in [0.15, 0.2) is 36.4 Å². The third-order valence-electron chi connectivity index (χ3n) is 5.02. The maximum Gasteiger partial charge on any atom is 0.311 e. The fourth-order valence-electron chi connectivity index (χ4n) is 3.17. The molecule has 0 aliphatic heterocycles. The third kappa shape index (κ3) is 4.99. The molecule has 0 spiro atoms. The molecule has 6 nitrogen and oxygen atoms in total. The van der Waals surface area contributed by atoms with E-state index in [0.29, 0.717) is 22.5 Å². The molecule has 0 unspecified atom stereocenters. The summed E-state index contributed by atoms with van der Waals surface area (Å²) in [7, 11) is 0. The number of aromatic nitrogens is 2. The lowest BCUT2D eigenvalue weighted by Gasteiger charge is -2.14. The van der Waals surface area contributed by atoms with E-state index in [0.717, 1.165) is 12.1 Å². The summed E-state index contributed by atoms with van der Waals surface area (Å²) in [6.07, 6.45) is -1.32. The first kappa shape index (κ1) is 23.1. The van der Waals surface area contributed by atoms with E-state index in [1.54, 1.807) is 26.8 Å². The molecule has 1 amide bonds. The number of nitrogens with zero attached hydrogens (tertiary/aromatic N) is 2. The van der Waals surface area contributed by atoms with Crippen LogP contribution in [0, 0.1) is 38.2 Å². The van der Waals surface area contributed by atoms with Crippen molar-refractivity contribution in [2.24, 2.45) is 0 Å². The van der Waals surface area contributed by atoms with Crippen molar-refractivity contribution in [3.8, 4) is 5.69 Å². The van der Waals surface area contributed by atoms with Crippen LogP contribution < -0.4 is 5.32 Å². The van der Waals surface area contributed by atoms with Gasteiger partial charge in [-0.2, -0.15) is 5.10 Å². The topological polar surface area (TPSA) is 73.2 Å². The predicted octanol–water partition coefficient (Wildman–Crippen LogP) is 4.33. The Morgan fingerprint density at radius 2 is 1.78 bits per heavy atom. The van der Waals surface area contributed by atoms with Gasteiger partial charge in [0, 0.05) is 23.0 Å². The van der Waals surface area contributed by atoms with Gasteiger partial charge in [0.25, 0.3) is 5.91 Å². The van der Waals surface area contributed by atoms with Crippen molar-refractivity contribution in [1.82, 2.24) is 9.78 Å². The standard InChI is InChI=1S/C23H22F3N3O3/c1-12-5-7-17(10-19(12)25)27-23(31)15(4)32-22(30)11-18-13(2)28-29(14(18)3)21-8-6-16(24)9-20(21)26/h5-10,15H,11H2,1-4H3,(H,27,31)/t15-/m1/s1. The van der Waals surface area contributed by atoms with Crippen LogP contribution in [0.4, 0.5) is 18.9 Å². The number of anilines is 1. The lowest BCUT2D eigenvalue weighted by Crippen LogP contribution is -2.30. The molecule has 0 saturated heterocycles. The molecule has 1 aromatic heterocycles. The Balaban J connectivity index is 1.68. The highest BCUT2D eigenvalue weighted by atomic mass is 19.1. The zero-order chi connectivity index (χ0) is 23.6. The number of carbonyl (C=O) groups excluding carboxylic acids is 2. The number of benzene rings is 2. The summed E-state index contributed by atoms with van der Waals surface area (Å²) in [5, 5.41) is 6.73. The summed E-state index contributed by atoms with van der Waals surface area (Å²) in [4.78, 5) is 24.7. The van der Waals surface area contributed by atoms with Crippen molar-refractivity contribution in [2.45, 2.75) is 40.2 Å². The molecule has 168 valence electrons. The maximum atomic E-state index is 14.1. The Kier molecular flexibility index (Phi) is 6.67. The number of carbonyl (C=O) groups is 2. The molecule has 1 atom stereocenters. The average molecular weight is 445 g/mol. The van der Waals surface area contributed by atoms with Crippen molar-refractivity contribution in [3.63, 3.8) is 0 Å². The summed E-state index contributed by atoms with van der Waals surface area (Å²) in [6.45, 7) is 6.29. The second-order valence-corrected chi connectivity index (χ2v) is 7.42. The summed E-state index contributed by atoms with van der Waals surface area (Å²) in [5.41, 5.74) is 2.19. The minimum absolute atomic E-state index is 0.0460. The summed E-state index contributed by atoms with van der Waals surface area (Å²) in [6, 6.07) is 7.36. The van der Waals surface area contributed by atoms with E-state index in [1.165, 1.54) is 29.8 Å². The predicted molar refractivity (Wildman–Crippen MR) is 112 cm³/mol. The van der Waals surface area contributed by atoms with Gasteiger partial charge >= 0.3 is 5.97 Å². The van der Waals surface area contributed by atoms with Crippen LogP contribution in [0.2, 0.25) is 0 Å². The molecule has 3 aromatic rings. The van der Waals surface area contributed by atoms with Crippen molar-refractivity contribution in [3.05, 3.63) is 76.4 Å². The number of rotatable bonds is 6. The molecule has 0 aliphatic carbocycles. The van der Waals surface area contributed by atoms with E-state index in [-0.39, 0.29) is 17.8 Å². The van der Waals surface area contributed by atoms with Gasteiger partial charge in [-0.05, 0) is 57.5 Å². The Morgan fingerprint density at radius 1 is 1.06 bits per heavy atom. The SMILES string of the molecule is Cc1ccc(NC(=O)[C@@H](C)OC(=O)Cc2c(C)nn(-c3ccc(F)cc3F)c2C)cc1F. The van der Waals surface area contributed by atoms with Gasteiger partial charge in [0.2, 0.25) is 0 Å². The first-order valence-corrected chi connectivity index (χ1v) is 9.84. The van der Waals surface area contributed by atoms with Gasteiger partial charge in [-0.15, -0.1) is 0 Å². The molecule has 0 fully saturated rings. The van der Waals surface area contributed by atoms with E-state index in [4.69, 9.17) is 4.74 Å². The highest BCUT2D eigenvalue weighted by molar-refractivity contribution is 5.95. The highest BCUT2D eigenvalue weighted by Gasteiger charge is 2.22. The van der Waals surface area contributed by atoms with Crippen LogP contribution in [0.3, 0.4) is 0 Å². The van der Waals surface area contributed by atoms with Crippen molar-refractivity contribution >= 4 is 17.6 Å². The van der Waals surface area contributed by atoms with Crippen LogP contribution in [0.5, 0.6) is 0 Å². The van der Waals surface area contributed by atoms with Crippen LogP contribution in [0.25, 0.3) is 5.69 Å². The number of esters is 1. The highest BCUT2D eigenvalue weighted by Crippen LogP contribution is 2.22. The van der Waals surface area contributed by atoms with Crippen molar-refractivity contribution in [1.29, 1.82) is 0 Å². The minimum atomic E-state index is -1.13. The van der Waals surface area contributed by atoms with Crippen molar-refractivity contribution < 1.29 is 27.5 Å². The molecule has 1 N–H and O–H groups in total. The lowest BCUT2D eigenvalue weighted by atomic mass is 10.1. The zero-order valence-electron chi connectivity index (χ0n) is 18.0. The van der Waals surface area contributed by atoms with Crippen LogP contribution in [-0.2, 0) is 20.7 Å². The maximum absolute atomic E-state index is 14.1. The third-order valence-corrected chi connectivity index (χ3v) is 5.02. The first-order chi connectivity index (χ1) is 15.1. The van der Waals surface area contributed by atoms with E-state index < -0.39 is 35.4 Å². The molecule has 3 rings (SSSR count). The molecular formula is C23H22F3N3O3. The normalized spacial score (nSPS) is 11.8. The number of aryl methyl sites for hydroxylation is 2. The van der Waals surface area contributed by atoms with E-state index in [2.05, 4.69) is 10.4 Å². The Hall–Kier alpha value is -3.62. The zero-order valence-corrected chi connectivity index (χ0v) is 18.0. The Labute approximate surface area is 183 Å². The molecular weight excluding hydrogens is 423 g/mol. The summed E-state index contributed by atoms with van der Waals surface area (Å²) >= 11 is 0. The van der Waals surface area contributed by atoms with Gasteiger partial charge in [-0.1, -0.05) is 6.07 Å². The van der Waals surface area contributed by atoms with Gasteiger partial charge in [0.05, 0.1) is 12.1 Å². The fourth-order valence-corrected chi connectivity index (χ4v) is 3.17. The number of amides is 1. The van der Waals surface area contributed by atoms with Gasteiger partial charge in [0.1, 0.15) is 17.3 Å². The molecule has 9 heteroatoms. The molecule has 32 heavy (non-hydrogen) atoms. The minimum Gasteiger partial charge on any atom is -0.452 e. The van der Waals surface area contributed by atoms with Gasteiger partial charge in [-0.3, -0.25) is 9.59 Å². The molecule has 0 bridgehead atoms. The fraction of sp³-hybridized carbons (Fsp3) is 0.261. The van der Waals surface area contributed by atoms with Crippen LogP contribution in [0.1, 0.15) is 29.4 Å². The van der Waals surface area contributed by atoms with E-state index >= 15 is 0 Å².